The second-order valence-corrected chi connectivity index (χ2v) is 10.1. The van der Waals surface area contributed by atoms with Crippen molar-refractivity contribution in [2.24, 2.45) is 0 Å². The summed E-state index contributed by atoms with van der Waals surface area (Å²) in [7, 11) is -0.462. The van der Waals surface area contributed by atoms with E-state index in [1.54, 1.807) is 31.4 Å². The first-order chi connectivity index (χ1) is 16.5. The summed E-state index contributed by atoms with van der Waals surface area (Å²) in [5.74, 6) is 1.21. The van der Waals surface area contributed by atoms with Gasteiger partial charge in [0.2, 0.25) is 0 Å². The molecule has 170 valence electrons. The van der Waals surface area contributed by atoms with Crippen molar-refractivity contribution in [1.29, 1.82) is 0 Å². The second-order valence-electron chi connectivity index (χ2n) is 7.81. The predicted molar refractivity (Wildman–Crippen MR) is 134 cm³/mol. The van der Waals surface area contributed by atoms with Gasteiger partial charge in [-0.2, -0.15) is 0 Å². The first-order valence-electron chi connectivity index (χ1n) is 10.7. The van der Waals surface area contributed by atoms with E-state index in [9.17, 15) is 8.96 Å². The Kier molecular flexibility index (Phi) is 5.72. The molecule has 0 fully saturated rings. The third-order valence-corrected chi connectivity index (χ3v) is 8.26. The molecule has 0 N–H and O–H groups in total. The van der Waals surface area contributed by atoms with Crippen molar-refractivity contribution in [3.05, 3.63) is 102 Å². The molecule has 6 heteroatoms. The van der Waals surface area contributed by atoms with Crippen molar-refractivity contribution in [2.45, 2.75) is 0 Å². The molecule has 0 saturated carbocycles. The molecule has 4 nitrogen and oxygen atoms in total. The molecule has 0 spiro atoms. The minimum absolute atomic E-state index is 0.292. The maximum Gasteiger partial charge on any atom is 0.311 e. The number of hydrogen-bond donors (Lipinski definition) is 0. The number of halogens is 1. The van der Waals surface area contributed by atoms with E-state index in [1.807, 2.05) is 60.7 Å². The summed E-state index contributed by atoms with van der Waals surface area (Å²) < 4.78 is 45.4. The minimum Gasteiger partial charge on any atom is -0.496 e. The molecule has 34 heavy (non-hydrogen) atoms. The Balaban J connectivity index is 1.64. The van der Waals surface area contributed by atoms with Gasteiger partial charge in [0, 0.05) is 11.1 Å². The first kappa shape index (κ1) is 22.0. The lowest BCUT2D eigenvalue weighted by atomic mass is 10.0. The van der Waals surface area contributed by atoms with Crippen molar-refractivity contribution >= 4 is 30.1 Å². The monoisotopic (exact) mass is 472 g/mol. The number of fused-ring (bicyclic) bond motifs is 3. The molecule has 5 rings (SSSR count). The summed E-state index contributed by atoms with van der Waals surface area (Å²) in [5, 5.41) is 1.04. The fourth-order valence-electron chi connectivity index (χ4n) is 4.12. The SMILES string of the molecule is COc1cc(P2(=O)Oc3ccccc3-c3ccccc32)c(OC)cc1/C=C/c1ccc(F)cc1. The average Bonchev–Trinajstić information content (AvgIpc) is 2.88. The zero-order valence-electron chi connectivity index (χ0n) is 18.7. The van der Waals surface area contributed by atoms with E-state index in [2.05, 4.69) is 0 Å². The molecule has 4 aromatic carbocycles. The molecule has 1 heterocycles. The van der Waals surface area contributed by atoms with Crippen LogP contribution in [0.5, 0.6) is 17.2 Å². The number of hydrogen-bond acceptors (Lipinski definition) is 4. The van der Waals surface area contributed by atoms with Crippen LogP contribution in [0.15, 0.2) is 84.9 Å². The van der Waals surface area contributed by atoms with E-state index in [4.69, 9.17) is 14.0 Å². The Morgan fingerprint density at radius 3 is 2.18 bits per heavy atom. The Labute approximate surface area is 197 Å². The zero-order chi connectivity index (χ0) is 23.7. The fraction of sp³-hybridized carbons (Fsp3) is 0.0714. The first-order valence-corrected chi connectivity index (χ1v) is 12.3. The molecule has 0 aromatic heterocycles. The van der Waals surface area contributed by atoms with Gasteiger partial charge in [-0.1, -0.05) is 60.7 Å². The number of rotatable bonds is 5. The van der Waals surface area contributed by atoms with Crippen LogP contribution in [0.3, 0.4) is 0 Å². The van der Waals surface area contributed by atoms with Crippen LogP contribution in [0.25, 0.3) is 23.3 Å². The fourth-order valence-corrected chi connectivity index (χ4v) is 6.54. The number of methoxy groups -OCH3 is 2. The minimum atomic E-state index is -3.56. The highest BCUT2D eigenvalue weighted by molar-refractivity contribution is 7.75. The van der Waals surface area contributed by atoms with Crippen LogP contribution in [-0.2, 0) is 4.57 Å². The topological polar surface area (TPSA) is 44.8 Å². The van der Waals surface area contributed by atoms with Gasteiger partial charge in [0.15, 0.2) is 0 Å². The molecule has 1 aliphatic heterocycles. The van der Waals surface area contributed by atoms with E-state index < -0.39 is 7.37 Å². The summed E-state index contributed by atoms with van der Waals surface area (Å²) >= 11 is 0. The van der Waals surface area contributed by atoms with Crippen LogP contribution >= 0.6 is 7.37 Å². The van der Waals surface area contributed by atoms with Gasteiger partial charge in [-0.3, -0.25) is 4.57 Å². The highest BCUT2D eigenvalue weighted by Crippen LogP contribution is 2.55. The number of ether oxygens (including phenoxy) is 2. The Bertz CT molecular complexity index is 1440. The van der Waals surface area contributed by atoms with Crippen LogP contribution in [0, 0.1) is 5.82 Å². The van der Waals surface area contributed by atoms with Gasteiger partial charge in [0.1, 0.15) is 23.1 Å². The molecule has 1 unspecified atom stereocenters. The van der Waals surface area contributed by atoms with Crippen LogP contribution in [0.4, 0.5) is 4.39 Å². The van der Waals surface area contributed by atoms with E-state index in [1.165, 1.54) is 19.2 Å². The van der Waals surface area contributed by atoms with Gasteiger partial charge in [0.05, 0.1) is 24.8 Å². The molecule has 4 aromatic rings. The van der Waals surface area contributed by atoms with Crippen molar-refractivity contribution in [3.63, 3.8) is 0 Å². The molecular weight excluding hydrogens is 450 g/mol. The van der Waals surface area contributed by atoms with E-state index in [-0.39, 0.29) is 5.82 Å². The van der Waals surface area contributed by atoms with Gasteiger partial charge >= 0.3 is 7.37 Å². The molecule has 0 aliphatic carbocycles. The van der Waals surface area contributed by atoms with Crippen LogP contribution in [-0.4, -0.2) is 14.2 Å². The quantitative estimate of drug-likeness (QED) is 0.253. The highest BCUT2D eigenvalue weighted by Gasteiger charge is 2.40. The summed E-state index contributed by atoms with van der Waals surface area (Å²) in [6, 6.07) is 24.8. The second kappa shape index (κ2) is 8.85. The van der Waals surface area contributed by atoms with E-state index in [0.717, 1.165) is 22.3 Å². The third-order valence-electron chi connectivity index (χ3n) is 5.80. The van der Waals surface area contributed by atoms with Gasteiger partial charge in [0.25, 0.3) is 0 Å². The van der Waals surface area contributed by atoms with Gasteiger partial charge in [-0.15, -0.1) is 0 Å². The molecule has 0 saturated heterocycles. The lowest BCUT2D eigenvalue weighted by molar-refractivity contribution is 0.403. The van der Waals surface area contributed by atoms with Crippen molar-refractivity contribution in [2.75, 3.05) is 14.2 Å². The summed E-state index contributed by atoms with van der Waals surface area (Å²) in [5.41, 5.74) is 3.33. The molecule has 0 amide bonds. The van der Waals surface area contributed by atoms with Gasteiger partial charge in [-0.05, 0) is 47.5 Å². The zero-order valence-corrected chi connectivity index (χ0v) is 19.6. The molecule has 1 atom stereocenters. The summed E-state index contributed by atoms with van der Waals surface area (Å²) in [6.07, 6.45) is 3.69. The van der Waals surface area contributed by atoms with Crippen molar-refractivity contribution < 1.29 is 23.0 Å². The Morgan fingerprint density at radius 2 is 1.44 bits per heavy atom. The predicted octanol–water partition coefficient (Wildman–Crippen LogP) is 6.30. The standard InChI is InChI=1S/C28H22FO4P/c1-31-25-18-28(26(32-2)17-20(25)14-11-19-12-15-21(29)16-13-19)34(30)27-10-6-4-8-23(27)22-7-3-5-9-24(22)33-34/h3-18H,1-2H3/b14-11+. The normalized spacial score (nSPS) is 16.4. The number of para-hydroxylation sites is 1. The third kappa shape index (κ3) is 3.78. The molecule has 0 radical (unpaired) electrons. The van der Waals surface area contributed by atoms with E-state index in [0.29, 0.717) is 27.9 Å². The van der Waals surface area contributed by atoms with E-state index >= 15 is 0 Å². The van der Waals surface area contributed by atoms with Crippen LogP contribution < -0.4 is 24.6 Å². The number of benzene rings is 4. The largest absolute Gasteiger partial charge is 0.496 e. The van der Waals surface area contributed by atoms with Crippen molar-refractivity contribution in [3.8, 4) is 28.4 Å². The molecule has 1 aliphatic rings. The van der Waals surface area contributed by atoms with Gasteiger partial charge < -0.3 is 14.0 Å². The Morgan fingerprint density at radius 1 is 0.765 bits per heavy atom. The smallest absolute Gasteiger partial charge is 0.311 e. The summed E-state index contributed by atoms with van der Waals surface area (Å²) in [6.45, 7) is 0. The maximum atomic E-state index is 14.6. The molecule has 0 bridgehead atoms. The highest BCUT2D eigenvalue weighted by atomic mass is 31.2. The maximum absolute atomic E-state index is 14.6. The average molecular weight is 472 g/mol. The summed E-state index contributed by atoms with van der Waals surface area (Å²) in [4.78, 5) is 0. The lowest BCUT2D eigenvalue weighted by Gasteiger charge is -2.30. The van der Waals surface area contributed by atoms with Crippen molar-refractivity contribution in [1.82, 2.24) is 0 Å². The lowest BCUT2D eigenvalue weighted by Crippen LogP contribution is -2.26. The van der Waals surface area contributed by atoms with Gasteiger partial charge in [-0.25, -0.2) is 4.39 Å². The Hall–Kier alpha value is -3.82. The van der Waals surface area contributed by atoms with Crippen LogP contribution in [0.1, 0.15) is 11.1 Å². The molecular formula is C28H22FO4P. The van der Waals surface area contributed by atoms with Crippen LogP contribution in [0.2, 0.25) is 0 Å².